The molecule has 4 rings (SSSR count). The van der Waals surface area contributed by atoms with Crippen molar-refractivity contribution in [2.45, 2.75) is 19.9 Å². The molecule has 1 atom stereocenters. The number of aryl methyl sites for hydroxylation is 2. The van der Waals surface area contributed by atoms with E-state index in [0.717, 1.165) is 11.8 Å². The lowest BCUT2D eigenvalue weighted by molar-refractivity contribution is 0.296. The number of sulfone groups is 1. The zero-order valence-corrected chi connectivity index (χ0v) is 21.5. The summed E-state index contributed by atoms with van der Waals surface area (Å²) in [4.78, 5) is 22.4. The maximum atomic E-state index is 14.6. The zero-order chi connectivity index (χ0) is 26.2. The molecule has 36 heavy (non-hydrogen) atoms. The monoisotopic (exact) mass is 514 g/mol. The number of imidazole rings is 1. The van der Waals surface area contributed by atoms with Crippen LogP contribution in [-0.2, 0) is 16.9 Å². The maximum Gasteiger partial charge on any atom is 0.330 e. The smallest absolute Gasteiger partial charge is 0.330 e. The summed E-state index contributed by atoms with van der Waals surface area (Å²) in [6.07, 6.45) is 2.56. The lowest BCUT2D eigenvalue weighted by Gasteiger charge is -2.19. The average molecular weight is 515 g/mol. The summed E-state index contributed by atoms with van der Waals surface area (Å²) >= 11 is 0. The van der Waals surface area contributed by atoms with Crippen LogP contribution >= 0.6 is 0 Å². The molecule has 0 fully saturated rings. The standard InChI is InChI=1S/C25H27FN4O5S/c1-6-35-24-22(34-4)10-9-19(28-24)21(14-36(5,32)33)30-23-20(29(3)25(30)31)12-16(13-27-23)17-8-7-15(2)11-18(17)26/h7-13,21H,6,14H2,1-5H3. The van der Waals surface area contributed by atoms with Gasteiger partial charge in [0, 0.05) is 30.6 Å². The van der Waals surface area contributed by atoms with Gasteiger partial charge in [-0.3, -0.25) is 9.13 Å². The van der Waals surface area contributed by atoms with Crippen LogP contribution in [0.15, 0.2) is 47.4 Å². The van der Waals surface area contributed by atoms with Gasteiger partial charge in [0.25, 0.3) is 5.88 Å². The quantitative estimate of drug-likeness (QED) is 0.355. The van der Waals surface area contributed by atoms with Gasteiger partial charge in [0.05, 0.1) is 36.7 Å². The molecule has 9 nitrogen and oxygen atoms in total. The molecule has 0 bridgehead atoms. The van der Waals surface area contributed by atoms with Crippen molar-refractivity contribution in [1.29, 1.82) is 0 Å². The number of benzene rings is 1. The van der Waals surface area contributed by atoms with Crippen LogP contribution in [0.5, 0.6) is 11.6 Å². The van der Waals surface area contributed by atoms with Gasteiger partial charge in [-0.1, -0.05) is 12.1 Å². The van der Waals surface area contributed by atoms with Gasteiger partial charge in [-0.15, -0.1) is 0 Å². The Morgan fingerprint density at radius 3 is 2.56 bits per heavy atom. The maximum absolute atomic E-state index is 14.6. The Morgan fingerprint density at radius 1 is 1.17 bits per heavy atom. The topological polar surface area (TPSA) is 105 Å². The van der Waals surface area contributed by atoms with Crippen LogP contribution in [0.1, 0.15) is 24.2 Å². The van der Waals surface area contributed by atoms with E-state index in [1.54, 1.807) is 51.2 Å². The summed E-state index contributed by atoms with van der Waals surface area (Å²) < 4.78 is 53.0. The first-order valence-electron chi connectivity index (χ1n) is 11.2. The van der Waals surface area contributed by atoms with E-state index in [1.807, 2.05) is 0 Å². The molecule has 11 heteroatoms. The summed E-state index contributed by atoms with van der Waals surface area (Å²) in [5, 5.41) is 0. The first-order valence-corrected chi connectivity index (χ1v) is 13.3. The second-order valence-electron chi connectivity index (χ2n) is 8.55. The average Bonchev–Trinajstić information content (AvgIpc) is 3.06. The molecule has 1 aromatic carbocycles. The number of halogens is 1. The van der Waals surface area contributed by atoms with Crippen molar-refractivity contribution in [1.82, 2.24) is 19.1 Å². The van der Waals surface area contributed by atoms with Crippen LogP contribution < -0.4 is 15.2 Å². The van der Waals surface area contributed by atoms with Crippen molar-refractivity contribution in [3.63, 3.8) is 0 Å². The van der Waals surface area contributed by atoms with E-state index in [4.69, 9.17) is 9.47 Å². The van der Waals surface area contributed by atoms with Crippen molar-refractivity contribution in [2.75, 3.05) is 25.7 Å². The highest BCUT2D eigenvalue weighted by Gasteiger charge is 2.28. The second-order valence-corrected chi connectivity index (χ2v) is 10.7. The van der Waals surface area contributed by atoms with Crippen molar-refractivity contribution < 1.29 is 22.3 Å². The van der Waals surface area contributed by atoms with E-state index in [9.17, 15) is 17.6 Å². The number of rotatable bonds is 8. The number of ether oxygens (including phenoxy) is 2. The third-order valence-corrected chi connectivity index (χ3v) is 6.75. The molecular formula is C25H27FN4O5S. The lowest BCUT2D eigenvalue weighted by Crippen LogP contribution is -2.31. The molecule has 1 unspecified atom stereocenters. The predicted molar refractivity (Wildman–Crippen MR) is 135 cm³/mol. The minimum atomic E-state index is -3.56. The minimum Gasteiger partial charge on any atom is -0.491 e. The predicted octanol–water partition coefficient (Wildman–Crippen LogP) is 3.29. The highest BCUT2D eigenvalue weighted by molar-refractivity contribution is 7.90. The largest absolute Gasteiger partial charge is 0.491 e. The van der Waals surface area contributed by atoms with Gasteiger partial charge in [-0.05, 0) is 43.7 Å². The summed E-state index contributed by atoms with van der Waals surface area (Å²) in [7, 11) is -0.525. The van der Waals surface area contributed by atoms with E-state index >= 15 is 0 Å². The fourth-order valence-corrected chi connectivity index (χ4v) is 5.01. The first kappa shape index (κ1) is 25.4. The number of hydrogen-bond donors (Lipinski definition) is 0. The normalized spacial score (nSPS) is 12.6. The van der Waals surface area contributed by atoms with Gasteiger partial charge in [-0.25, -0.2) is 27.6 Å². The van der Waals surface area contributed by atoms with Crippen LogP contribution in [0.4, 0.5) is 4.39 Å². The highest BCUT2D eigenvalue weighted by Crippen LogP contribution is 2.31. The van der Waals surface area contributed by atoms with E-state index in [0.29, 0.717) is 34.7 Å². The molecule has 0 spiro atoms. The number of aromatic nitrogens is 4. The van der Waals surface area contributed by atoms with Gasteiger partial charge >= 0.3 is 5.69 Å². The van der Waals surface area contributed by atoms with Crippen molar-refractivity contribution in [3.8, 4) is 22.8 Å². The summed E-state index contributed by atoms with van der Waals surface area (Å²) in [6.45, 7) is 3.90. The summed E-state index contributed by atoms with van der Waals surface area (Å²) in [5.74, 6) is -0.227. The fourth-order valence-electron chi connectivity index (χ4n) is 4.12. The van der Waals surface area contributed by atoms with Gasteiger partial charge in [-0.2, -0.15) is 0 Å². The zero-order valence-electron chi connectivity index (χ0n) is 20.6. The van der Waals surface area contributed by atoms with Gasteiger partial charge in [0.2, 0.25) is 0 Å². The molecular weight excluding hydrogens is 487 g/mol. The van der Waals surface area contributed by atoms with Crippen LogP contribution in [0.2, 0.25) is 0 Å². The second kappa shape index (κ2) is 9.73. The van der Waals surface area contributed by atoms with Crippen LogP contribution in [0, 0.1) is 12.7 Å². The number of pyridine rings is 2. The molecule has 0 radical (unpaired) electrons. The Hall–Kier alpha value is -3.73. The van der Waals surface area contributed by atoms with Crippen LogP contribution in [-0.4, -0.2) is 53.2 Å². The van der Waals surface area contributed by atoms with Crippen LogP contribution in [0.25, 0.3) is 22.3 Å². The third kappa shape index (κ3) is 4.83. The van der Waals surface area contributed by atoms with E-state index in [2.05, 4.69) is 9.97 Å². The van der Waals surface area contributed by atoms with E-state index < -0.39 is 33.1 Å². The molecule has 0 saturated heterocycles. The van der Waals surface area contributed by atoms with E-state index in [1.165, 1.54) is 28.5 Å². The Morgan fingerprint density at radius 2 is 1.92 bits per heavy atom. The lowest BCUT2D eigenvalue weighted by atomic mass is 10.1. The molecule has 0 amide bonds. The van der Waals surface area contributed by atoms with Crippen molar-refractivity contribution in [2.24, 2.45) is 7.05 Å². The molecule has 3 aromatic heterocycles. The third-order valence-electron chi connectivity index (χ3n) is 5.83. The summed E-state index contributed by atoms with van der Waals surface area (Å²) in [5.41, 5.74) is 2.12. The minimum absolute atomic E-state index is 0.189. The summed E-state index contributed by atoms with van der Waals surface area (Å²) in [6, 6.07) is 8.76. The Labute approximate surface area is 208 Å². The van der Waals surface area contributed by atoms with Gasteiger partial charge < -0.3 is 9.47 Å². The number of nitrogens with zero attached hydrogens (tertiary/aromatic N) is 4. The van der Waals surface area contributed by atoms with E-state index in [-0.39, 0.29) is 11.5 Å². The molecule has 0 saturated carbocycles. The SMILES string of the molecule is CCOc1nc(C(CS(C)(=O)=O)n2c(=O)n(C)c3cc(-c4ccc(C)cc4F)cnc32)ccc1OC. The van der Waals surface area contributed by atoms with Gasteiger partial charge in [0.15, 0.2) is 11.4 Å². The molecule has 0 aliphatic heterocycles. The highest BCUT2D eigenvalue weighted by atomic mass is 32.2. The Kier molecular flexibility index (Phi) is 6.85. The number of hydrogen-bond acceptors (Lipinski definition) is 7. The fraction of sp³-hybridized carbons (Fsp3) is 0.320. The van der Waals surface area contributed by atoms with Crippen molar-refractivity contribution >= 4 is 21.0 Å². The molecule has 0 N–H and O–H groups in total. The molecule has 3 heterocycles. The number of fused-ring (bicyclic) bond motifs is 1. The van der Waals surface area contributed by atoms with Gasteiger partial charge in [0.1, 0.15) is 15.7 Å². The molecule has 190 valence electrons. The number of methoxy groups -OCH3 is 1. The van der Waals surface area contributed by atoms with Crippen molar-refractivity contribution in [3.05, 3.63) is 70.2 Å². The molecule has 0 aliphatic carbocycles. The Bertz CT molecular complexity index is 1610. The first-order chi connectivity index (χ1) is 17.0. The molecule has 0 aliphatic rings. The Balaban J connectivity index is 1.93. The van der Waals surface area contributed by atoms with Crippen LogP contribution in [0.3, 0.4) is 0 Å². The molecule has 4 aromatic rings.